The highest BCUT2D eigenvalue weighted by Crippen LogP contribution is 2.29. The van der Waals surface area contributed by atoms with Crippen LogP contribution in [0.1, 0.15) is 22.5 Å². The first kappa shape index (κ1) is 19.6. The van der Waals surface area contributed by atoms with Crippen LogP contribution in [0.25, 0.3) is 33.5 Å². The third-order valence-electron chi connectivity index (χ3n) is 4.83. The number of para-hydroxylation sites is 1. The number of fused-ring (bicyclic) bond motifs is 2. The van der Waals surface area contributed by atoms with Crippen molar-refractivity contribution in [2.24, 2.45) is 0 Å². The molecule has 0 amide bonds. The second-order valence-corrected chi connectivity index (χ2v) is 7.32. The topological polar surface area (TPSA) is 91.7 Å². The van der Waals surface area contributed by atoms with Crippen LogP contribution in [-0.4, -0.2) is 22.1 Å². The highest BCUT2D eigenvalue weighted by molar-refractivity contribution is 6.31. The Labute approximate surface area is 177 Å². The van der Waals surface area contributed by atoms with Crippen LogP contribution in [0, 0.1) is 25.2 Å². The second kappa shape index (κ2) is 7.62. The minimum Gasteiger partial charge on any atom is -0.494 e. The Kier molecular flexibility index (Phi) is 4.98. The van der Waals surface area contributed by atoms with Crippen molar-refractivity contribution in [1.29, 1.82) is 5.26 Å². The zero-order chi connectivity index (χ0) is 21.4. The number of aromatic nitrogens is 3. The molecule has 1 N–H and O–H groups in total. The molecule has 0 unspecified atom stereocenters. The van der Waals surface area contributed by atoms with Gasteiger partial charge in [0.05, 0.1) is 23.6 Å². The molecule has 0 atom stereocenters. The first-order chi connectivity index (χ1) is 14.4. The molecule has 0 aliphatic carbocycles. The van der Waals surface area contributed by atoms with Crippen LogP contribution < -0.4 is 10.3 Å². The fourth-order valence-corrected chi connectivity index (χ4v) is 3.66. The van der Waals surface area contributed by atoms with Gasteiger partial charge >= 0.3 is 0 Å². The van der Waals surface area contributed by atoms with Gasteiger partial charge in [-0.25, -0.2) is 9.97 Å². The largest absolute Gasteiger partial charge is 0.494 e. The molecule has 4 aromatic rings. The van der Waals surface area contributed by atoms with Crippen molar-refractivity contribution in [3.8, 4) is 11.8 Å². The number of nitrogens with zero attached hydrogens (tertiary/aromatic N) is 3. The minimum atomic E-state index is -0.296. The quantitative estimate of drug-likeness (QED) is 0.382. The first-order valence-corrected chi connectivity index (χ1v) is 9.55. The molecule has 0 bridgehead atoms. The van der Waals surface area contributed by atoms with Gasteiger partial charge in [0.25, 0.3) is 5.56 Å². The van der Waals surface area contributed by atoms with Crippen molar-refractivity contribution >= 4 is 45.1 Å². The molecule has 0 radical (unpaired) electrons. The number of aromatic amines is 1. The van der Waals surface area contributed by atoms with Crippen LogP contribution in [0.15, 0.2) is 41.2 Å². The molecule has 0 aliphatic heterocycles. The number of hydrogen-bond acceptors (Lipinski definition) is 5. The second-order valence-electron chi connectivity index (χ2n) is 6.96. The van der Waals surface area contributed by atoms with E-state index in [-0.39, 0.29) is 22.1 Å². The first-order valence-electron chi connectivity index (χ1n) is 9.18. The maximum atomic E-state index is 12.6. The molecular weight excluding hydrogens is 400 g/mol. The number of allylic oxidation sites excluding steroid dienone is 1. The smallest absolute Gasteiger partial charge is 0.259 e. The Balaban J connectivity index is 1.90. The number of nitriles is 1. The molecule has 6 nitrogen and oxygen atoms in total. The zero-order valence-electron chi connectivity index (χ0n) is 16.6. The summed E-state index contributed by atoms with van der Waals surface area (Å²) < 4.78 is 5.33. The summed E-state index contributed by atoms with van der Waals surface area (Å²) in [7, 11) is 1.57. The molecule has 0 aliphatic rings. The number of halogens is 1. The van der Waals surface area contributed by atoms with Crippen LogP contribution in [-0.2, 0) is 0 Å². The Morgan fingerprint density at radius 3 is 2.73 bits per heavy atom. The van der Waals surface area contributed by atoms with Gasteiger partial charge in [0.15, 0.2) is 5.82 Å². The van der Waals surface area contributed by atoms with Crippen molar-refractivity contribution in [1.82, 2.24) is 15.0 Å². The van der Waals surface area contributed by atoms with Gasteiger partial charge in [-0.2, -0.15) is 5.26 Å². The molecule has 2 aromatic carbocycles. The van der Waals surface area contributed by atoms with Gasteiger partial charge in [0.1, 0.15) is 22.5 Å². The summed E-state index contributed by atoms with van der Waals surface area (Å²) in [5.74, 6) is 0.792. The number of benzene rings is 2. The van der Waals surface area contributed by atoms with Gasteiger partial charge in [-0.05, 0) is 49.2 Å². The summed E-state index contributed by atoms with van der Waals surface area (Å²) in [5.41, 5.74) is 3.46. The summed E-state index contributed by atoms with van der Waals surface area (Å²) in [6.45, 7) is 3.81. The number of methoxy groups -OCH3 is 1. The average molecular weight is 417 g/mol. The van der Waals surface area contributed by atoms with E-state index in [4.69, 9.17) is 16.3 Å². The fraction of sp³-hybridized carbons (Fsp3) is 0.130. The van der Waals surface area contributed by atoms with E-state index in [1.54, 1.807) is 25.3 Å². The lowest BCUT2D eigenvalue weighted by Crippen LogP contribution is -2.12. The van der Waals surface area contributed by atoms with Crippen LogP contribution >= 0.6 is 11.6 Å². The van der Waals surface area contributed by atoms with E-state index in [9.17, 15) is 10.1 Å². The average Bonchev–Trinajstić information content (AvgIpc) is 2.72. The lowest BCUT2D eigenvalue weighted by atomic mass is 10.1. The van der Waals surface area contributed by atoms with Crippen molar-refractivity contribution in [2.75, 3.05) is 7.11 Å². The van der Waals surface area contributed by atoms with Gasteiger partial charge in [0.2, 0.25) is 0 Å². The van der Waals surface area contributed by atoms with Crippen molar-refractivity contribution in [3.05, 3.63) is 74.4 Å². The van der Waals surface area contributed by atoms with E-state index in [2.05, 4.69) is 21.0 Å². The number of ether oxygens (including phenoxy) is 1. The molecule has 7 heteroatoms. The SMILES string of the molecule is COc1cccc2cc(/C=C(\C#N)c3nc4c(C)cc(C)cc4c(=O)[nH]3)c(Cl)nc12. The summed E-state index contributed by atoms with van der Waals surface area (Å²) >= 11 is 6.38. The summed E-state index contributed by atoms with van der Waals surface area (Å²) in [4.78, 5) is 24.3. The number of H-pyrrole nitrogens is 1. The number of hydrogen-bond donors (Lipinski definition) is 1. The number of pyridine rings is 1. The Morgan fingerprint density at radius 2 is 2.00 bits per heavy atom. The number of aryl methyl sites for hydroxylation is 2. The number of rotatable bonds is 3. The number of nitrogens with one attached hydrogen (secondary N) is 1. The standard InChI is InChI=1S/C23H17ClN4O2/c1-12-7-13(2)19-17(8-12)23(29)28-22(27-19)16(11-25)10-15-9-14-5-4-6-18(30-3)20(14)26-21(15)24/h4-10H,1-3H3,(H,27,28,29)/b16-10+. The molecule has 30 heavy (non-hydrogen) atoms. The van der Waals surface area contributed by atoms with E-state index in [1.807, 2.05) is 38.1 Å². The van der Waals surface area contributed by atoms with E-state index in [0.29, 0.717) is 27.7 Å². The molecule has 0 spiro atoms. The maximum Gasteiger partial charge on any atom is 0.259 e. The van der Waals surface area contributed by atoms with Crippen LogP contribution in [0.5, 0.6) is 5.75 Å². The third kappa shape index (κ3) is 3.40. The molecule has 2 heterocycles. The molecule has 2 aromatic heterocycles. The predicted molar refractivity (Wildman–Crippen MR) is 119 cm³/mol. The molecule has 0 saturated carbocycles. The third-order valence-corrected chi connectivity index (χ3v) is 5.13. The van der Waals surface area contributed by atoms with Crippen molar-refractivity contribution in [3.63, 3.8) is 0 Å². The highest BCUT2D eigenvalue weighted by Gasteiger charge is 2.13. The fourth-order valence-electron chi connectivity index (χ4n) is 3.46. The molecular formula is C23H17ClN4O2. The normalized spacial score (nSPS) is 11.6. The zero-order valence-corrected chi connectivity index (χ0v) is 17.3. The van der Waals surface area contributed by atoms with Crippen molar-refractivity contribution < 1.29 is 4.74 Å². The van der Waals surface area contributed by atoms with Gasteiger partial charge in [-0.1, -0.05) is 29.8 Å². The van der Waals surface area contributed by atoms with Crippen LogP contribution in [0.3, 0.4) is 0 Å². The summed E-state index contributed by atoms with van der Waals surface area (Å²) in [6.07, 6.45) is 1.57. The predicted octanol–water partition coefficient (Wildman–Crippen LogP) is 4.81. The molecule has 148 valence electrons. The summed E-state index contributed by atoms with van der Waals surface area (Å²) in [6, 6.07) is 13.2. The van der Waals surface area contributed by atoms with Gasteiger partial charge in [-0.15, -0.1) is 0 Å². The lowest BCUT2D eigenvalue weighted by Gasteiger charge is -2.08. The van der Waals surface area contributed by atoms with Gasteiger partial charge in [-0.3, -0.25) is 4.79 Å². The Hall–Kier alpha value is -3.69. The van der Waals surface area contributed by atoms with Gasteiger partial charge < -0.3 is 9.72 Å². The molecule has 4 rings (SSSR count). The Bertz CT molecular complexity index is 1450. The van der Waals surface area contributed by atoms with E-state index < -0.39 is 0 Å². The van der Waals surface area contributed by atoms with Crippen LogP contribution in [0.2, 0.25) is 5.15 Å². The molecule has 0 fully saturated rings. The minimum absolute atomic E-state index is 0.180. The Morgan fingerprint density at radius 1 is 1.20 bits per heavy atom. The van der Waals surface area contributed by atoms with E-state index >= 15 is 0 Å². The van der Waals surface area contributed by atoms with Crippen LogP contribution in [0.4, 0.5) is 0 Å². The monoisotopic (exact) mass is 416 g/mol. The van der Waals surface area contributed by atoms with Crippen molar-refractivity contribution in [2.45, 2.75) is 13.8 Å². The van der Waals surface area contributed by atoms with Gasteiger partial charge in [0, 0.05) is 10.9 Å². The lowest BCUT2D eigenvalue weighted by molar-refractivity contribution is 0.419. The highest BCUT2D eigenvalue weighted by atomic mass is 35.5. The van der Waals surface area contributed by atoms with E-state index in [0.717, 1.165) is 16.5 Å². The molecule has 0 saturated heterocycles. The maximum absolute atomic E-state index is 12.6. The van der Waals surface area contributed by atoms with E-state index in [1.165, 1.54) is 0 Å². The summed E-state index contributed by atoms with van der Waals surface area (Å²) in [5, 5.41) is 11.3.